The molecule has 0 spiro atoms. The molecule has 0 bridgehead atoms. The van der Waals surface area contributed by atoms with Crippen LogP contribution in [0.15, 0.2) is 57.5 Å². The lowest BCUT2D eigenvalue weighted by atomic mass is 10.2. The van der Waals surface area contributed by atoms with Gasteiger partial charge in [0, 0.05) is 16.1 Å². The monoisotopic (exact) mass is 368 g/mol. The summed E-state index contributed by atoms with van der Waals surface area (Å²) in [7, 11) is 1.60. The van der Waals surface area contributed by atoms with E-state index in [0.29, 0.717) is 34.3 Å². The number of benzene rings is 2. The van der Waals surface area contributed by atoms with E-state index in [0.717, 1.165) is 11.1 Å². The van der Waals surface area contributed by atoms with Crippen molar-refractivity contribution in [1.29, 1.82) is 0 Å². The SMILES string of the molecule is COc1cccc(-c2nnc(Cc3nc(-c4cccc(Cl)c4)no3)o2)c1. The van der Waals surface area contributed by atoms with E-state index in [1.54, 1.807) is 19.2 Å². The van der Waals surface area contributed by atoms with E-state index in [1.165, 1.54) is 0 Å². The Hall–Kier alpha value is -3.19. The molecule has 7 nitrogen and oxygen atoms in total. The highest BCUT2D eigenvalue weighted by atomic mass is 35.5. The van der Waals surface area contributed by atoms with Crippen LogP contribution in [0.3, 0.4) is 0 Å². The van der Waals surface area contributed by atoms with Gasteiger partial charge in [0.25, 0.3) is 0 Å². The molecule has 0 atom stereocenters. The average molecular weight is 369 g/mol. The molecule has 8 heteroatoms. The van der Waals surface area contributed by atoms with Gasteiger partial charge in [-0.1, -0.05) is 35.0 Å². The Morgan fingerprint density at radius 2 is 1.85 bits per heavy atom. The fourth-order valence-electron chi connectivity index (χ4n) is 2.40. The molecule has 0 aliphatic carbocycles. The van der Waals surface area contributed by atoms with Gasteiger partial charge in [-0.05, 0) is 30.3 Å². The van der Waals surface area contributed by atoms with Crippen LogP contribution in [0.1, 0.15) is 11.8 Å². The van der Waals surface area contributed by atoms with E-state index >= 15 is 0 Å². The summed E-state index contributed by atoms with van der Waals surface area (Å²) in [5, 5.41) is 12.7. The van der Waals surface area contributed by atoms with Crippen molar-refractivity contribution in [3.8, 4) is 28.6 Å². The van der Waals surface area contributed by atoms with E-state index in [1.807, 2.05) is 36.4 Å². The lowest BCUT2D eigenvalue weighted by Crippen LogP contribution is -1.89. The summed E-state index contributed by atoms with van der Waals surface area (Å²) in [6, 6.07) is 14.6. The molecule has 2 heterocycles. The van der Waals surface area contributed by atoms with Crippen molar-refractivity contribution in [3.63, 3.8) is 0 Å². The molecule has 0 amide bonds. The highest BCUT2D eigenvalue weighted by Crippen LogP contribution is 2.24. The van der Waals surface area contributed by atoms with Crippen LogP contribution < -0.4 is 4.74 Å². The van der Waals surface area contributed by atoms with Crippen molar-refractivity contribution in [2.24, 2.45) is 0 Å². The first-order chi connectivity index (χ1) is 12.7. The highest BCUT2D eigenvalue weighted by molar-refractivity contribution is 6.30. The molecule has 130 valence electrons. The third-order valence-electron chi connectivity index (χ3n) is 3.64. The standard InChI is InChI=1S/C18H13ClN4O3/c1-24-14-7-3-5-12(9-14)18-22-21-16(25-18)10-15-20-17(23-26-15)11-4-2-6-13(19)8-11/h2-9H,10H2,1H3. The Morgan fingerprint density at radius 1 is 1.00 bits per heavy atom. The minimum absolute atomic E-state index is 0.241. The predicted octanol–water partition coefficient (Wildman–Crippen LogP) is 4.04. The first-order valence-electron chi connectivity index (χ1n) is 7.76. The Labute approximate surface area is 153 Å². The lowest BCUT2D eigenvalue weighted by molar-refractivity contribution is 0.374. The van der Waals surface area contributed by atoms with Gasteiger partial charge in [-0.15, -0.1) is 10.2 Å². The number of halogens is 1. The number of hydrogen-bond donors (Lipinski definition) is 0. The van der Waals surface area contributed by atoms with E-state index in [-0.39, 0.29) is 6.42 Å². The maximum absolute atomic E-state index is 5.99. The maximum Gasteiger partial charge on any atom is 0.247 e. The summed E-state index contributed by atoms with van der Waals surface area (Å²) in [6.07, 6.45) is 0.241. The van der Waals surface area contributed by atoms with Gasteiger partial charge < -0.3 is 13.7 Å². The smallest absolute Gasteiger partial charge is 0.247 e. The summed E-state index contributed by atoms with van der Waals surface area (Å²) in [6.45, 7) is 0. The molecule has 4 aromatic rings. The number of aromatic nitrogens is 4. The maximum atomic E-state index is 5.99. The molecule has 0 radical (unpaired) electrons. The number of nitrogens with zero attached hydrogens (tertiary/aromatic N) is 4. The fraction of sp³-hybridized carbons (Fsp3) is 0.111. The van der Waals surface area contributed by atoms with Gasteiger partial charge in [-0.3, -0.25) is 0 Å². The minimum Gasteiger partial charge on any atom is -0.497 e. The first kappa shape index (κ1) is 16.3. The van der Waals surface area contributed by atoms with E-state index in [2.05, 4.69) is 20.3 Å². The molecule has 0 unspecified atom stereocenters. The predicted molar refractivity (Wildman–Crippen MR) is 93.8 cm³/mol. The van der Waals surface area contributed by atoms with Crippen molar-refractivity contribution in [3.05, 3.63) is 65.3 Å². The summed E-state index contributed by atoms with van der Waals surface area (Å²) >= 11 is 5.99. The number of ether oxygens (including phenoxy) is 1. The normalized spacial score (nSPS) is 10.8. The van der Waals surface area contributed by atoms with Gasteiger partial charge in [0.15, 0.2) is 0 Å². The molecule has 2 aromatic heterocycles. The van der Waals surface area contributed by atoms with Gasteiger partial charge in [0.2, 0.25) is 23.5 Å². The average Bonchev–Trinajstić information content (AvgIpc) is 3.32. The Bertz CT molecular complexity index is 1040. The Morgan fingerprint density at radius 3 is 2.69 bits per heavy atom. The highest BCUT2D eigenvalue weighted by Gasteiger charge is 2.15. The molecule has 0 aliphatic rings. The van der Waals surface area contributed by atoms with Crippen molar-refractivity contribution < 1.29 is 13.7 Å². The van der Waals surface area contributed by atoms with Crippen LogP contribution >= 0.6 is 11.6 Å². The summed E-state index contributed by atoms with van der Waals surface area (Å²) < 4.78 is 16.1. The first-order valence-corrected chi connectivity index (χ1v) is 8.14. The van der Waals surface area contributed by atoms with Crippen molar-refractivity contribution in [2.75, 3.05) is 7.11 Å². The quantitative estimate of drug-likeness (QED) is 0.525. The van der Waals surface area contributed by atoms with Crippen molar-refractivity contribution in [2.45, 2.75) is 6.42 Å². The molecule has 4 rings (SSSR count). The van der Waals surface area contributed by atoms with Crippen LogP contribution in [-0.4, -0.2) is 27.4 Å². The second kappa shape index (κ2) is 6.97. The van der Waals surface area contributed by atoms with E-state index in [4.69, 9.17) is 25.3 Å². The molecule has 0 fully saturated rings. The van der Waals surface area contributed by atoms with Crippen LogP contribution in [0.25, 0.3) is 22.8 Å². The van der Waals surface area contributed by atoms with Crippen molar-refractivity contribution in [1.82, 2.24) is 20.3 Å². The molecular weight excluding hydrogens is 356 g/mol. The van der Waals surface area contributed by atoms with Gasteiger partial charge >= 0.3 is 0 Å². The second-order valence-electron chi connectivity index (χ2n) is 5.43. The molecule has 26 heavy (non-hydrogen) atoms. The van der Waals surface area contributed by atoms with Gasteiger partial charge in [-0.25, -0.2) is 0 Å². The van der Waals surface area contributed by atoms with Crippen molar-refractivity contribution >= 4 is 11.6 Å². The second-order valence-corrected chi connectivity index (χ2v) is 5.87. The minimum atomic E-state index is 0.241. The summed E-state index contributed by atoms with van der Waals surface area (Å²) in [5.74, 6) is 2.32. The van der Waals surface area contributed by atoms with Gasteiger partial charge in [0.1, 0.15) is 12.2 Å². The zero-order valence-corrected chi connectivity index (χ0v) is 14.5. The molecule has 0 N–H and O–H groups in total. The van der Waals surface area contributed by atoms with E-state index in [9.17, 15) is 0 Å². The number of hydrogen-bond acceptors (Lipinski definition) is 7. The zero-order chi connectivity index (χ0) is 17.9. The van der Waals surface area contributed by atoms with Gasteiger partial charge in [0.05, 0.1) is 7.11 Å². The Kier molecular flexibility index (Phi) is 4.37. The number of methoxy groups -OCH3 is 1. The largest absolute Gasteiger partial charge is 0.497 e. The van der Waals surface area contributed by atoms with Crippen LogP contribution in [-0.2, 0) is 6.42 Å². The number of rotatable bonds is 5. The zero-order valence-electron chi connectivity index (χ0n) is 13.7. The van der Waals surface area contributed by atoms with Crippen LogP contribution in [0.4, 0.5) is 0 Å². The van der Waals surface area contributed by atoms with Crippen LogP contribution in [0, 0.1) is 0 Å². The summed E-state index contributed by atoms with van der Waals surface area (Å²) in [4.78, 5) is 4.34. The third kappa shape index (κ3) is 3.43. The van der Waals surface area contributed by atoms with Crippen LogP contribution in [0.2, 0.25) is 5.02 Å². The molecule has 0 aliphatic heterocycles. The third-order valence-corrected chi connectivity index (χ3v) is 3.87. The van der Waals surface area contributed by atoms with E-state index < -0.39 is 0 Å². The van der Waals surface area contributed by atoms with Crippen LogP contribution in [0.5, 0.6) is 5.75 Å². The van der Waals surface area contributed by atoms with Gasteiger partial charge in [-0.2, -0.15) is 4.98 Å². The molecular formula is C18H13ClN4O3. The molecule has 0 saturated carbocycles. The topological polar surface area (TPSA) is 87.1 Å². The summed E-state index contributed by atoms with van der Waals surface area (Å²) in [5.41, 5.74) is 1.54. The molecule has 2 aromatic carbocycles. The molecule has 0 saturated heterocycles. The fourth-order valence-corrected chi connectivity index (χ4v) is 2.59. The Balaban J connectivity index is 1.53. The lowest BCUT2D eigenvalue weighted by Gasteiger charge is -1.99.